The van der Waals surface area contributed by atoms with Crippen LogP contribution in [0.25, 0.3) is 0 Å². The van der Waals surface area contributed by atoms with Gasteiger partial charge in [0.25, 0.3) is 0 Å². The molecule has 12 nitrogen and oxygen atoms in total. The Bertz CT molecular complexity index is 519. The molecule has 13 heteroatoms. The van der Waals surface area contributed by atoms with Gasteiger partial charge in [-0.3, -0.25) is 0 Å². The number of carboxylic acid groups (broad SMARTS) is 2. The van der Waals surface area contributed by atoms with Gasteiger partial charge in [0.2, 0.25) is 6.79 Å². The van der Waals surface area contributed by atoms with Crippen molar-refractivity contribution in [2.24, 2.45) is 0 Å². The molecule has 0 aliphatic carbocycles. The Balaban J connectivity index is 4.16. The number of esters is 2. The quantitative estimate of drug-likeness (QED) is 0.252. The number of hydrogen-bond acceptors (Lipinski definition) is 10. The van der Waals surface area contributed by atoms with E-state index in [4.69, 9.17) is 10.2 Å². The van der Waals surface area contributed by atoms with Gasteiger partial charge in [-0.25, -0.2) is 37.8 Å². The summed E-state index contributed by atoms with van der Waals surface area (Å²) in [4.78, 5) is 63.0. The summed E-state index contributed by atoms with van der Waals surface area (Å²) in [5, 5.41) is 16.3. The van der Waals surface area contributed by atoms with Crippen LogP contribution in [0.3, 0.4) is 0 Å². The second-order valence-corrected chi connectivity index (χ2v) is 3.71. The topological polar surface area (TPSA) is 180 Å². The molecule has 0 spiro atoms. The Morgan fingerprint density at radius 3 is 1.67 bits per heavy atom. The lowest BCUT2D eigenvalue weighted by Gasteiger charge is -2.01. The lowest BCUT2D eigenvalue weighted by molar-refractivity contribution is -0.180. The van der Waals surface area contributed by atoms with Crippen LogP contribution in [0.2, 0.25) is 0 Å². The Morgan fingerprint density at radius 1 is 0.762 bits per heavy atom. The number of ether oxygens (including phenoxy) is 2. The van der Waals surface area contributed by atoms with Crippen LogP contribution in [0.5, 0.6) is 0 Å². The summed E-state index contributed by atoms with van der Waals surface area (Å²) in [6.07, 6.45) is 2.96. The average molecular weight is 325 g/mol. The van der Waals surface area contributed by atoms with E-state index in [1.54, 1.807) is 0 Å². The van der Waals surface area contributed by atoms with Gasteiger partial charge in [0, 0.05) is 0 Å². The van der Waals surface area contributed by atoms with Crippen LogP contribution in [0.1, 0.15) is 0 Å². The molecule has 114 valence electrons. The van der Waals surface area contributed by atoms with E-state index in [1.807, 2.05) is 0 Å². The molecule has 0 bridgehead atoms. The second kappa shape index (κ2) is 8.22. The molecule has 2 N–H and O–H groups in total. The number of carbonyl (C=O) groups excluding carboxylic acids is 4. The van der Waals surface area contributed by atoms with Crippen molar-refractivity contribution in [3.05, 3.63) is 0 Å². The first-order chi connectivity index (χ1) is 9.65. The van der Waals surface area contributed by atoms with Crippen molar-refractivity contribution in [2.75, 3.05) is 6.79 Å². The third-order valence-corrected chi connectivity index (χ3v) is 2.00. The highest BCUT2D eigenvalue weighted by molar-refractivity contribution is 7.47. The second-order valence-electron chi connectivity index (χ2n) is 2.68. The molecule has 0 saturated carbocycles. The maximum Gasteiger partial charge on any atom is 0.532 e. The van der Waals surface area contributed by atoms with Gasteiger partial charge < -0.3 is 19.7 Å². The molecule has 0 aromatic carbocycles. The summed E-state index contributed by atoms with van der Waals surface area (Å²) in [5.41, 5.74) is 0. The minimum atomic E-state index is -2.59. The SMILES string of the molecule is C=[P+](OC(=O)C(=O)O)OC(=O)C(=O)OCOC(=O)C(=O)O. The molecule has 1 atom stereocenters. The zero-order chi connectivity index (χ0) is 16.6. The highest BCUT2D eigenvalue weighted by atomic mass is 31.1. The predicted octanol–water partition coefficient (Wildman–Crippen LogP) is -1.97. The van der Waals surface area contributed by atoms with Crippen LogP contribution in [-0.2, 0) is 47.3 Å². The van der Waals surface area contributed by atoms with Crippen molar-refractivity contribution in [3.63, 3.8) is 0 Å². The average Bonchev–Trinajstić information content (AvgIpc) is 2.37. The van der Waals surface area contributed by atoms with Crippen molar-refractivity contribution in [3.8, 4) is 0 Å². The normalized spacial score (nSPS) is 9.81. The van der Waals surface area contributed by atoms with Crippen molar-refractivity contribution < 1.29 is 57.5 Å². The zero-order valence-corrected chi connectivity index (χ0v) is 10.7. The molecule has 0 radical (unpaired) electrons. The Kier molecular flexibility index (Phi) is 7.04. The smallest absolute Gasteiger partial charge is 0.473 e. The minimum absolute atomic E-state index is 1.18. The molecule has 0 fully saturated rings. The van der Waals surface area contributed by atoms with Gasteiger partial charge in [0.15, 0.2) is 6.30 Å². The molecule has 0 saturated heterocycles. The zero-order valence-electron chi connectivity index (χ0n) is 9.84. The van der Waals surface area contributed by atoms with E-state index in [1.165, 1.54) is 0 Å². The van der Waals surface area contributed by atoms with E-state index >= 15 is 0 Å². The molecule has 0 aliphatic rings. The fourth-order valence-electron chi connectivity index (χ4n) is 0.537. The van der Waals surface area contributed by atoms with Gasteiger partial charge in [0.1, 0.15) is 0 Å². The third-order valence-electron chi connectivity index (χ3n) is 1.27. The van der Waals surface area contributed by atoms with E-state index in [9.17, 15) is 28.8 Å². The standard InChI is InChI=1S/C8H5O12P/c1-21(19-6(14)4(11)12)20-8(16)7(15)18-2-17-5(13)3(9)10/h1-2H2,(H-,9,10,11,12)/p+1. The fourth-order valence-corrected chi connectivity index (χ4v) is 1.10. The van der Waals surface area contributed by atoms with E-state index in [0.717, 1.165) is 0 Å². The van der Waals surface area contributed by atoms with Crippen LogP contribution < -0.4 is 0 Å². The van der Waals surface area contributed by atoms with Crippen molar-refractivity contribution in [1.29, 1.82) is 0 Å². The van der Waals surface area contributed by atoms with Gasteiger partial charge in [-0.15, -0.1) is 0 Å². The predicted molar refractivity (Wildman–Crippen MR) is 58.5 cm³/mol. The van der Waals surface area contributed by atoms with Crippen molar-refractivity contribution >= 4 is 50.1 Å². The Hall–Kier alpha value is -3.01. The minimum Gasteiger partial charge on any atom is -0.473 e. The van der Waals surface area contributed by atoms with Crippen molar-refractivity contribution in [2.45, 2.75) is 0 Å². The number of hydrogen-bond donors (Lipinski definition) is 2. The molecule has 0 aromatic rings. The van der Waals surface area contributed by atoms with Gasteiger partial charge in [-0.2, -0.15) is 0 Å². The van der Waals surface area contributed by atoms with Crippen LogP contribution in [0, 0.1) is 0 Å². The van der Waals surface area contributed by atoms with Crippen LogP contribution >= 0.6 is 8.00 Å². The maximum absolute atomic E-state index is 11.0. The highest BCUT2D eigenvalue weighted by Gasteiger charge is 2.31. The van der Waals surface area contributed by atoms with Crippen molar-refractivity contribution in [1.82, 2.24) is 0 Å². The van der Waals surface area contributed by atoms with Gasteiger partial charge >= 0.3 is 43.8 Å². The van der Waals surface area contributed by atoms with Crippen LogP contribution in [0.4, 0.5) is 0 Å². The molecule has 1 unspecified atom stereocenters. The van der Waals surface area contributed by atoms with E-state index in [0.29, 0.717) is 0 Å². The molecule has 21 heavy (non-hydrogen) atoms. The summed E-state index contributed by atoms with van der Waals surface area (Å²) >= 11 is 0. The number of aliphatic carboxylic acids is 2. The molecular weight excluding hydrogens is 319 g/mol. The summed E-state index contributed by atoms with van der Waals surface area (Å²) < 4.78 is 16.0. The number of carboxylic acids is 2. The number of carbonyl (C=O) groups is 6. The molecular formula is C8H6O12P+. The van der Waals surface area contributed by atoms with E-state index < -0.39 is 50.6 Å². The summed E-state index contributed by atoms with van der Waals surface area (Å²) in [7, 11) is -2.59. The van der Waals surface area contributed by atoms with Gasteiger partial charge in [0.05, 0.1) is 0 Å². The van der Waals surface area contributed by atoms with Crippen LogP contribution in [-0.4, -0.2) is 59.1 Å². The first-order valence-electron chi connectivity index (χ1n) is 4.50. The highest BCUT2D eigenvalue weighted by Crippen LogP contribution is 2.23. The van der Waals surface area contributed by atoms with E-state index in [-0.39, 0.29) is 0 Å². The summed E-state index contributed by atoms with van der Waals surface area (Å²) in [6.45, 7) is -1.18. The molecule has 0 aliphatic heterocycles. The van der Waals surface area contributed by atoms with Crippen LogP contribution in [0.15, 0.2) is 0 Å². The lowest BCUT2D eigenvalue weighted by atomic mass is 10.7. The molecule has 0 rings (SSSR count). The first-order valence-corrected chi connectivity index (χ1v) is 5.86. The Labute approximate surface area is 115 Å². The lowest BCUT2D eigenvalue weighted by Crippen LogP contribution is -2.23. The molecule has 0 aromatic heterocycles. The van der Waals surface area contributed by atoms with E-state index in [2.05, 4.69) is 24.8 Å². The monoisotopic (exact) mass is 325 g/mol. The summed E-state index contributed by atoms with van der Waals surface area (Å²) in [5.74, 6) is -10.8. The molecule has 0 heterocycles. The maximum atomic E-state index is 11.0. The Morgan fingerprint density at radius 2 is 1.19 bits per heavy atom. The van der Waals surface area contributed by atoms with Gasteiger partial charge in [-0.1, -0.05) is 0 Å². The van der Waals surface area contributed by atoms with Gasteiger partial charge in [-0.05, 0) is 0 Å². The fraction of sp³-hybridized carbons (Fsp3) is 0.125. The molecule has 0 amide bonds. The summed E-state index contributed by atoms with van der Waals surface area (Å²) in [6, 6.07) is 0. The largest absolute Gasteiger partial charge is 0.532 e. The number of rotatable bonds is 4. The third kappa shape index (κ3) is 7.22. The first kappa shape index (κ1) is 18.0.